The summed E-state index contributed by atoms with van der Waals surface area (Å²) >= 11 is 11.3. The average molecular weight is 328 g/mol. The maximum Gasteiger partial charge on any atom is 0.336 e. The minimum atomic E-state index is -1.48. The second-order valence-corrected chi connectivity index (χ2v) is 4.70. The van der Waals surface area contributed by atoms with Gasteiger partial charge in [0.2, 0.25) is 0 Å². The van der Waals surface area contributed by atoms with Crippen molar-refractivity contribution in [1.29, 1.82) is 0 Å². The number of carbonyl (C=O) groups is 2. The third-order valence-electron chi connectivity index (χ3n) is 2.36. The van der Waals surface area contributed by atoms with Crippen molar-refractivity contribution in [3.63, 3.8) is 0 Å². The Hall–Kier alpha value is -2.08. The van der Waals surface area contributed by atoms with Crippen molar-refractivity contribution in [2.75, 3.05) is 0 Å². The molecule has 0 aliphatic carbocycles. The molecule has 2 rings (SSSR count). The highest BCUT2D eigenvalue weighted by molar-refractivity contribution is 6.42. The summed E-state index contributed by atoms with van der Waals surface area (Å²) in [6.45, 7) is 0. The molecule has 0 heterocycles. The van der Waals surface area contributed by atoms with Crippen LogP contribution in [-0.2, 0) is 0 Å². The van der Waals surface area contributed by atoms with Crippen molar-refractivity contribution in [3.05, 3.63) is 63.6 Å². The normalized spacial score (nSPS) is 9.48. The van der Waals surface area contributed by atoms with E-state index in [4.69, 9.17) is 28.3 Å². The van der Waals surface area contributed by atoms with Crippen LogP contribution in [0.4, 0.5) is 5.69 Å². The van der Waals surface area contributed by atoms with E-state index in [0.717, 1.165) is 5.69 Å². The molecule has 7 heteroatoms. The van der Waals surface area contributed by atoms with Crippen molar-refractivity contribution >= 4 is 40.8 Å². The van der Waals surface area contributed by atoms with Gasteiger partial charge in [-0.15, -0.1) is 0 Å². The van der Waals surface area contributed by atoms with Crippen LogP contribution in [0, 0.1) is 0 Å². The van der Waals surface area contributed by atoms with E-state index in [9.17, 15) is 14.7 Å². The van der Waals surface area contributed by atoms with Gasteiger partial charge in [-0.2, -0.15) is 0 Å². The van der Waals surface area contributed by atoms with E-state index >= 15 is 0 Å². The van der Waals surface area contributed by atoms with Crippen LogP contribution in [-0.4, -0.2) is 17.0 Å². The zero-order valence-electron chi connectivity index (χ0n) is 10.7. The van der Waals surface area contributed by atoms with Crippen LogP contribution in [0.3, 0.4) is 0 Å². The predicted octanol–water partition coefficient (Wildman–Crippen LogP) is 1.62. The number of benzene rings is 2. The largest absolute Gasteiger partial charge is 0.545 e. The first-order valence-corrected chi connectivity index (χ1v) is 6.39. The summed E-state index contributed by atoms with van der Waals surface area (Å²) in [5.41, 5.74) is 4.01. The summed E-state index contributed by atoms with van der Waals surface area (Å²) in [4.78, 5) is 20.8. The summed E-state index contributed by atoms with van der Waals surface area (Å²) in [5.74, 6) is -2.75. The molecule has 0 unspecified atom stereocenters. The molecule has 0 saturated carbocycles. The molecule has 2 aromatic carbocycles. The molecule has 0 aliphatic heterocycles. The molecule has 110 valence electrons. The topological polar surface area (TPSA) is 105 Å². The van der Waals surface area contributed by atoms with Crippen LogP contribution in [0.25, 0.3) is 0 Å². The molecule has 0 spiro atoms. The van der Waals surface area contributed by atoms with Crippen molar-refractivity contribution in [2.24, 2.45) is 0 Å². The number of carboxylic acid groups (broad SMARTS) is 2. The van der Waals surface area contributed by atoms with Gasteiger partial charge in [-0.1, -0.05) is 41.4 Å². The molecular weight excluding hydrogens is 317 g/mol. The van der Waals surface area contributed by atoms with Crippen LogP contribution < -0.4 is 10.8 Å². The van der Waals surface area contributed by atoms with Crippen LogP contribution in [0.2, 0.25) is 10.0 Å². The minimum Gasteiger partial charge on any atom is -0.545 e. The van der Waals surface area contributed by atoms with Crippen molar-refractivity contribution in [3.8, 4) is 0 Å². The van der Waals surface area contributed by atoms with Gasteiger partial charge in [0.1, 0.15) is 5.69 Å². The van der Waals surface area contributed by atoms with E-state index < -0.39 is 11.9 Å². The molecule has 5 nitrogen and oxygen atoms in total. The Balaban J connectivity index is 0.000000219. The Bertz CT molecular complexity index is 641. The Labute approximate surface area is 130 Å². The van der Waals surface area contributed by atoms with Gasteiger partial charge < -0.3 is 20.7 Å². The first-order valence-electron chi connectivity index (χ1n) is 5.63. The molecule has 4 N–H and O–H groups in total. The van der Waals surface area contributed by atoms with Gasteiger partial charge in [0.25, 0.3) is 0 Å². The monoisotopic (exact) mass is 327 g/mol. The van der Waals surface area contributed by atoms with Gasteiger partial charge in [-0.3, -0.25) is 0 Å². The van der Waals surface area contributed by atoms with E-state index in [1.807, 2.05) is 6.07 Å². The number of quaternary nitrogens is 1. The number of aromatic carboxylic acids is 2. The zero-order chi connectivity index (χ0) is 16.0. The van der Waals surface area contributed by atoms with Gasteiger partial charge in [0.05, 0.1) is 21.6 Å². The number of rotatable bonds is 2. The lowest BCUT2D eigenvalue weighted by Gasteiger charge is -2.04. The smallest absolute Gasteiger partial charge is 0.336 e. The molecule has 0 saturated heterocycles. The van der Waals surface area contributed by atoms with Crippen LogP contribution in [0.15, 0.2) is 42.5 Å². The van der Waals surface area contributed by atoms with E-state index in [1.165, 1.54) is 24.3 Å². The summed E-state index contributed by atoms with van der Waals surface area (Å²) in [6, 6.07) is 10.6. The van der Waals surface area contributed by atoms with Gasteiger partial charge in [-0.25, -0.2) is 4.79 Å². The third kappa shape index (κ3) is 5.07. The summed E-state index contributed by atoms with van der Waals surface area (Å²) < 4.78 is 0. The number of carbonyl (C=O) groups excluding carboxylic acids is 1. The van der Waals surface area contributed by atoms with E-state index in [2.05, 4.69) is 5.73 Å². The van der Waals surface area contributed by atoms with E-state index in [1.54, 1.807) is 12.1 Å². The zero-order valence-corrected chi connectivity index (χ0v) is 12.2. The van der Waals surface area contributed by atoms with Crippen molar-refractivity contribution in [1.82, 2.24) is 0 Å². The average Bonchev–Trinajstić information content (AvgIpc) is 2.44. The minimum absolute atomic E-state index is 0.252. The Morgan fingerprint density at radius 3 is 1.95 bits per heavy atom. The van der Waals surface area contributed by atoms with Gasteiger partial charge in [0, 0.05) is 17.7 Å². The van der Waals surface area contributed by atoms with E-state index in [-0.39, 0.29) is 11.1 Å². The fourth-order valence-electron chi connectivity index (χ4n) is 1.39. The van der Waals surface area contributed by atoms with Gasteiger partial charge in [0.15, 0.2) is 0 Å². The Kier molecular flexibility index (Phi) is 6.17. The predicted molar refractivity (Wildman–Crippen MR) is 76.7 cm³/mol. The summed E-state index contributed by atoms with van der Waals surface area (Å²) in [7, 11) is 0. The first kappa shape index (κ1) is 17.0. The molecule has 0 radical (unpaired) electrons. The highest BCUT2D eigenvalue weighted by Crippen LogP contribution is 2.22. The van der Waals surface area contributed by atoms with Crippen LogP contribution in [0.5, 0.6) is 0 Å². The quantitative estimate of drug-likeness (QED) is 0.874. The Morgan fingerprint density at radius 1 is 1.00 bits per heavy atom. The molecule has 21 heavy (non-hydrogen) atoms. The van der Waals surface area contributed by atoms with Crippen molar-refractivity contribution < 1.29 is 25.5 Å². The van der Waals surface area contributed by atoms with Crippen LogP contribution in [0.1, 0.15) is 20.7 Å². The number of halogens is 2. The molecule has 0 fully saturated rings. The van der Waals surface area contributed by atoms with Crippen molar-refractivity contribution in [2.45, 2.75) is 0 Å². The fraction of sp³-hybridized carbons (Fsp3) is 0. The molecule has 0 atom stereocenters. The second kappa shape index (κ2) is 7.64. The maximum atomic E-state index is 10.4. The standard InChI is InChI=1S/C8H6O4.C6H5Cl2N/c9-7(10)5-3-1-2-4-6(5)8(11)12;7-5-2-1-4(9)3-6(5)8/h1-4H,(H,9,10)(H,11,12);1-3H,9H2. The fourth-order valence-corrected chi connectivity index (χ4v) is 1.71. The second-order valence-electron chi connectivity index (χ2n) is 3.89. The highest BCUT2D eigenvalue weighted by atomic mass is 35.5. The molecule has 0 bridgehead atoms. The lowest BCUT2D eigenvalue weighted by Crippen LogP contribution is -2.39. The third-order valence-corrected chi connectivity index (χ3v) is 3.10. The summed E-state index contributed by atoms with van der Waals surface area (Å²) in [6.07, 6.45) is 0. The van der Waals surface area contributed by atoms with Gasteiger partial charge >= 0.3 is 5.97 Å². The molecule has 0 amide bonds. The summed E-state index contributed by atoms with van der Waals surface area (Å²) in [5, 5.41) is 20.0. The SMILES string of the molecule is O=C([O-])c1ccccc1C(=O)O.[NH3+]c1ccc(Cl)c(Cl)c1. The Morgan fingerprint density at radius 2 is 1.57 bits per heavy atom. The highest BCUT2D eigenvalue weighted by Gasteiger charge is 2.08. The lowest BCUT2D eigenvalue weighted by atomic mass is 10.1. The molecule has 2 aromatic rings. The van der Waals surface area contributed by atoms with Gasteiger partial charge in [-0.05, 0) is 12.1 Å². The molecule has 0 aliphatic rings. The number of hydrogen-bond acceptors (Lipinski definition) is 3. The first-order chi connectivity index (χ1) is 9.82. The lowest BCUT2D eigenvalue weighted by molar-refractivity contribution is -0.255. The van der Waals surface area contributed by atoms with Crippen LogP contribution >= 0.6 is 23.2 Å². The van der Waals surface area contributed by atoms with E-state index in [0.29, 0.717) is 10.0 Å². The number of carboxylic acids is 2. The molecular formula is C14H11Cl2NO4. The number of hydrogen-bond donors (Lipinski definition) is 2. The molecule has 0 aromatic heterocycles. The maximum absolute atomic E-state index is 10.4.